The first-order valence-electron chi connectivity index (χ1n) is 7.91. The van der Waals surface area contributed by atoms with Gasteiger partial charge in [-0.3, -0.25) is 4.68 Å². The molecule has 0 atom stereocenters. The number of alkyl halides is 6. The molecule has 2 nitrogen and oxygen atoms in total. The number of hydrogen-bond donors (Lipinski definition) is 0. The summed E-state index contributed by atoms with van der Waals surface area (Å²) < 4.78 is 77.4. The predicted octanol–water partition coefficient (Wildman–Crippen LogP) is 5.72. The fourth-order valence-corrected chi connectivity index (χ4v) is 2.66. The summed E-state index contributed by atoms with van der Waals surface area (Å²) in [4.78, 5) is 0. The molecule has 0 aliphatic heterocycles. The monoisotopic (exact) mass is 384 g/mol. The molecule has 0 unspecified atom stereocenters. The third-order valence-electron chi connectivity index (χ3n) is 4.15. The minimum Gasteiger partial charge on any atom is -0.272 e. The highest BCUT2D eigenvalue weighted by Crippen LogP contribution is 2.31. The van der Waals surface area contributed by atoms with E-state index in [1.165, 1.54) is 24.3 Å². The molecule has 0 aliphatic carbocycles. The van der Waals surface area contributed by atoms with Crippen molar-refractivity contribution in [3.63, 3.8) is 0 Å². The van der Waals surface area contributed by atoms with Crippen molar-refractivity contribution in [1.29, 1.82) is 0 Å². The summed E-state index contributed by atoms with van der Waals surface area (Å²) in [7, 11) is 1.67. The van der Waals surface area contributed by atoms with Crippen LogP contribution < -0.4 is 0 Å². The molecule has 0 aliphatic rings. The molecular formula is C19H14F6N2. The van der Waals surface area contributed by atoms with E-state index < -0.39 is 23.5 Å². The van der Waals surface area contributed by atoms with Crippen LogP contribution >= 0.6 is 0 Å². The first-order chi connectivity index (χ1) is 12.5. The molecule has 27 heavy (non-hydrogen) atoms. The highest BCUT2D eigenvalue weighted by atomic mass is 19.4. The SMILES string of the molecule is Cn1nc(-c2ccc(C(F)(F)F)cc2)cc1Cc1ccc(C(F)(F)F)cc1. The summed E-state index contributed by atoms with van der Waals surface area (Å²) in [5, 5.41) is 4.28. The highest BCUT2D eigenvalue weighted by molar-refractivity contribution is 5.60. The van der Waals surface area contributed by atoms with Gasteiger partial charge >= 0.3 is 12.4 Å². The third kappa shape index (κ3) is 4.32. The van der Waals surface area contributed by atoms with Gasteiger partial charge in [0.05, 0.1) is 16.8 Å². The zero-order valence-corrected chi connectivity index (χ0v) is 14.1. The zero-order chi connectivity index (χ0) is 19.8. The van der Waals surface area contributed by atoms with E-state index >= 15 is 0 Å². The molecule has 2 aromatic carbocycles. The van der Waals surface area contributed by atoms with Gasteiger partial charge in [-0.1, -0.05) is 24.3 Å². The van der Waals surface area contributed by atoms with Crippen molar-refractivity contribution in [2.45, 2.75) is 18.8 Å². The quantitative estimate of drug-likeness (QED) is 0.529. The second kappa shape index (κ2) is 6.75. The molecule has 0 spiro atoms. The van der Waals surface area contributed by atoms with E-state index in [0.717, 1.165) is 30.0 Å². The highest BCUT2D eigenvalue weighted by Gasteiger charge is 2.30. The Kier molecular flexibility index (Phi) is 4.75. The van der Waals surface area contributed by atoms with E-state index in [1.807, 2.05) is 0 Å². The Hall–Kier alpha value is -2.77. The van der Waals surface area contributed by atoms with E-state index in [-0.39, 0.29) is 0 Å². The molecule has 0 radical (unpaired) electrons. The van der Waals surface area contributed by atoms with Crippen molar-refractivity contribution in [3.8, 4) is 11.3 Å². The molecule has 3 aromatic rings. The Morgan fingerprint density at radius 2 is 1.26 bits per heavy atom. The summed E-state index contributed by atoms with van der Waals surface area (Å²) in [6, 6.07) is 11.2. The van der Waals surface area contributed by atoms with Gasteiger partial charge in [0.2, 0.25) is 0 Å². The predicted molar refractivity (Wildman–Crippen MR) is 87.9 cm³/mol. The third-order valence-corrected chi connectivity index (χ3v) is 4.15. The first-order valence-corrected chi connectivity index (χ1v) is 7.91. The van der Waals surface area contributed by atoms with Crippen LogP contribution in [-0.2, 0) is 25.8 Å². The minimum atomic E-state index is -4.41. The molecule has 0 fully saturated rings. The molecule has 142 valence electrons. The number of hydrogen-bond acceptors (Lipinski definition) is 1. The Morgan fingerprint density at radius 3 is 1.74 bits per heavy atom. The van der Waals surface area contributed by atoms with Crippen molar-refractivity contribution in [2.75, 3.05) is 0 Å². The van der Waals surface area contributed by atoms with Crippen molar-refractivity contribution < 1.29 is 26.3 Å². The summed E-state index contributed by atoms with van der Waals surface area (Å²) >= 11 is 0. The van der Waals surface area contributed by atoms with Crippen LogP contribution in [0.15, 0.2) is 54.6 Å². The average molecular weight is 384 g/mol. The largest absolute Gasteiger partial charge is 0.416 e. The Bertz CT molecular complexity index is 919. The van der Waals surface area contributed by atoms with E-state index in [2.05, 4.69) is 5.10 Å². The first kappa shape index (κ1) is 19.0. The number of rotatable bonds is 3. The van der Waals surface area contributed by atoms with Crippen molar-refractivity contribution in [1.82, 2.24) is 9.78 Å². The van der Waals surface area contributed by atoms with Gasteiger partial charge in [-0.2, -0.15) is 31.4 Å². The van der Waals surface area contributed by atoms with Gasteiger partial charge in [-0.05, 0) is 35.9 Å². The van der Waals surface area contributed by atoms with Crippen LogP contribution in [-0.4, -0.2) is 9.78 Å². The maximum Gasteiger partial charge on any atom is 0.416 e. The van der Waals surface area contributed by atoms with Crippen LogP contribution in [0.5, 0.6) is 0 Å². The lowest BCUT2D eigenvalue weighted by Gasteiger charge is -2.07. The Morgan fingerprint density at radius 1 is 0.778 bits per heavy atom. The van der Waals surface area contributed by atoms with Crippen LogP contribution in [0.25, 0.3) is 11.3 Å². The molecule has 1 heterocycles. The molecule has 0 bridgehead atoms. The molecule has 0 saturated heterocycles. The molecule has 3 rings (SSSR count). The lowest BCUT2D eigenvalue weighted by molar-refractivity contribution is -0.138. The smallest absolute Gasteiger partial charge is 0.272 e. The number of aryl methyl sites for hydroxylation is 1. The van der Waals surface area contributed by atoms with Crippen molar-refractivity contribution >= 4 is 0 Å². The van der Waals surface area contributed by atoms with Gasteiger partial charge in [0.25, 0.3) is 0 Å². The van der Waals surface area contributed by atoms with Crippen molar-refractivity contribution in [2.24, 2.45) is 7.05 Å². The van der Waals surface area contributed by atoms with Gasteiger partial charge in [0.1, 0.15) is 0 Å². The van der Waals surface area contributed by atoms with Crippen LogP contribution in [0, 0.1) is 0 Å². The number of halogens is 6. The summed E-state index contributed by atoms with van der Waals surface area (Å²) in [6.07, 6.45) is -8.44. The maximum absolute atomic E-state index is 12.6. The van der Waals surface area contributed by atoms with Crippen molar-refractivity contribution in [3.05, 3.63) is 77.0 Å². The topological polar surface area (TPSA) is 17.8 Å². The fourth-order valence-electron chi connectivity index (χ4n) is 2.66. The Labute approximate surface area is 151 Å². The van der Waals surface area contributed by atoms with Gasteiger partial charge in [-0.25, -0.2) is 0 Å². The second-order valence-corrected chi connectivity index (χ2v) is 6.09. The summed E-state index contributed by atoms with van der Waals surface area (Å²) in [5.41, 5.74) is 0.953. The lowest BCUT2D eigenvalue weighted by Crippen LogP contribution is -2.05. The van der Waals surface area contributed by atoms with E-state index in [4.69, 9.17) is 0 Å². The normalized spacial score (nSPS) is 12.4. The molecular weight excluding hydrogens is 370 g/mol. The lowest BCUT2D eigenvalue weighted by atomic mass is 10.1. The Balaban J connectivity index is 1.80. The van der Waals surface area contributed by atoms with Crippen LogP contribution in [0.3, 0.4) is 0 Å². The number of aromatic nitrogens is 2. The standard InChI is InChI=1S/C19H14F6N2/c1-27-16(10-12-2-6-14(7-3-12)18(20,21)22)11-17(26-27)13-4-8-15(9-5-13)19(23,24)25/h2-9,11H,10H2,1H3. The number of nitrogens with zero attached hydrogens (tertiary/aromatic N) is 2. The van der Waals surface area contributed by atoms with E-state index in [9.17, 15) is 26.3 Å². The van der Waals surface area contributed by atoms with Gasteiger partial charge < -0.3 is 0 Å². The molecule has 0 saturated carbocycles. The van der Waals surface area contributed by atoms with Crippen LogP contribution in [0.4, 0.5) is 26.3 Å². The molecule has 0 N–H and O–H groups in total. The maximum atomic E-state index is 12.6. The number of benzene rings is 2. The average Bonchev–Trinajstić information content (AvgIpc) is 2.95. The molecule has 1 aromatic heterocycles. The molecule has 8 heteroatoms. The second-order valence-electron chi connectivity index (χ2n) is 6.09. The summed E-state index contributed by atoms with van der Waals surface area (Å²) in [6.45, 7) is 0. The zero-order valence-electron chi connectivity index (χ0n) is 14.1. The van der Waals surface area contributed by atoms with Crippen LogP contribution in [0.2, 0.25) is 0 Å². The minimum absolute atomic E-state index is 0.349. The van der Waals surface area contributed by atoms with Gasteiger partial charge in [0, 0.05) is 24.7 Å². The van der Waals surface area contributed by atoms with E-state index in [1.54, 1.807) is 17.8 Å². The summed E-state index contributed by atoms with van der Waals surface area (Å²) in [5.74, 6) is 0. The van der Waals surface area contributed by atoms with Gasteiger partial charge in [0.15, 0.2) is 0 Å². The fraction of sp³-hybridized carbons (Fsp3) is 0.211. The molecule has 0 amide bonds. The van der Waals surface area contributed by atoms with E-state index in [0.29, 0.717) is 23.2 Å². The van der Waals surface area contributed by atoms with Gasteiger partial charge in [-0.15, -0.1) is 0 Å². The van der Waals surface area contributed by atoms with Crippen LogP contribution in [0.1, 0.15) is 22.4 Å².